The van der Waals surface area contributed by atoms with Crippen LogP contribution in [-0.4, -0.2) is 17.6 Å². The summed E-state index contributed by atoms with van der Waals surface area (Å²) in [6, 6.07) is 2.77. The molecule has 0 bridgehead atoms. The van der Waals surface area contributed by atoms with E-state index in [1.165, 1.54) is 19.3 Å². The highest BCUT2D eigenvalue weighted by Gasteiger charge is 2.23. The van der Waals surface area contributed by atoms with Crippen molar-refractivity contribution in [2.45, 2.75) is 52.5 Å². The first-order valence-electron chi connectivity index (χ1n) is 7.62. The van der Waals surface area contributed by atoms with Crippen molar-refractivity contribution in [2.75, 3.05) is 17.2 Å². The van der Waals surface area contributed by atoms with Gasteiger partial charge in [-0.25, -0.2) is 0 Å². The predicted octanol–water partition coefficient (Wildman–Crippen LogP) is 4.14. The van der Waals surface area contributed by atoms with Crippen molar-refractivity contribution in [2.24, 2.45) is 11.8 Å². The molecule has 1 aromatic heterocycles. The molecule has 3 heteroatoms. The summed E-state index contributed by atoms with van der Waals surface area (Å²) in [5.74, 6) is 1.66. The van der Waals surface area contributed by atoms with E-state index in [9.17, 15) is 0 Å². The number of aromatic nitrogens is 1. The standard InChI is InChI=1S/C16H27N3/c1-4-5-18-15-9-16(11-17-10-15)19-14-7-12(2)6-13(3)8-14/h9-14,18-19H,4-8H2,1-3H3. The molecule has 106 valence electrons. The van der Waals surface area contributed by atoms with Gasteiger partial charge < -0.3 is 10.6 Å². The van der Waals surface area contributed by atoms with Gasteiger partial charge in [0.1, 0.15) is 0 Å². The zero-order valence-electron chi connectivity index (χ0n) is 12.4. The molecule has 2 rings (SSSR count). The van der Waals surface area contributed by atoms with Crippen molar-refractivity contribution in [1.29, 1.82) is 0 Å². The van der Waals surface area contributed by atoms with Crippen LogP contribution in [-0.2, 0) is 0 Å². The molecule has 1 aromatic rings. The Bertz CT molecular complexity index is 381. The van der Waals surface area contributed by atoms with Gasteiger partial charge in [0.25, 0.3) is 0 Å². The quantitative estimate of drug-likeness (QED) is 0.836. The van der Waals surface area contributed by atoms with E-state index in [0.717, 1.165) is 36.2 Å². The molecule has 2 N–H and O–H groups in total. The molecular weight excluding hydrogens is 234 g/mol. The Kier molecular flexibility index (Phi) is 5.06. The zero-order valence-corrected chi connectivity index (χ0v) is 12.4. The van der Waals surface area contributed by atoms with E-state index in [1.54, 1.807) is 0 Å². The molecule has 1 fully saturated rings. The van der Waals surface area contributed by atoms with E-state index in [1.807, 2.05) is 12.4 Å². The molecule has 19 heavy (non-hydrogen) atoms. The maximum atomic E-state index is 4.32. The Morgan fingerprint density at radius 2 is 1.79 bits per heavy atom. The van der Waals surface area contributed by atoms with Crippen LogP contribution in [0.1, 0.15) is 46.5 Å². The van der Waals surface area contributed by atoms with E-state index >= 15 is 0 Å². The van der Waals surface area contributed by atoms with E-state index in [4.69, 9.17) is 0 Å². The van der Waals surface area contributed by atoms with E-state index in [0.29, 0.717) is 6.04 Å². The van der Waals surface area contributed by atoms with Crippen molar-refractivity contribution >= 4 is 11.4 Å². The maximum Gasteiger partial charge on any atom is 0.0549 e. The third-order valence-corrected chi connectivity index (χ3v) is 3.87. The lowest BCUT2D eigenvalue weighted by molar-refractivity contribution is 0.281. The lowest BCUT2D eigenvalue weighted by atomic mass is 9.80. The summed E-state index contributed by atoms with van der Waals surface area (Å²) in [5.41, 5.74) is 2.26. The summed E-state index contributed by atoms with van der Waals surface area (Å²) < 4.78 is 0. The zero-order chi connectivity index (χ0) is 13.7. The molecule has 0 aromatic carbocycles. The molecule has 1 aliphatic carbocycles. The minimum atomic E-state index is 0.599. The van der Waals surface area contributed by atoms with Crippen LogP contribution >= 0.6 is 0 Å². The fourth-order valence-corrected chi connectivity index (χ4v) is 3.19. The van der Waals surface area contributed by atoms with Gasteiger partial charge in [0.15, 0.2) is 0 Å². The second kappa shape index (κ2) is 6.78. The van der Waals surface area contributed by atoms with Gasteiger partial charge in [0.2, 0.25) is 0 Å². The van der Waals surface area contributed by atoms with Crippen molar-refractivity contribution in [1.82, 2.24) is 4.98 Å². The third kappa shape index (κ3) is 4.41. The first-order valence-corrected chi connectivity index (χ1v) is 7.62. The van der Waals surface area contributed by atoms with Gasteiger partial charge in [-0.3, -0.25) is 4.98 Å². The second-order valence-electron chi connectivity index (χ2n) is 6.15. The number of nitrogens with one attached hydrogen (secondary N) is 2. The Hall–Kier alpha value is -1.25. The molecule has 2 atom stereocenters. The molecule has 3 nitrogen and oxygen atoms in total. The van der Waals surface area contributed by atoms with Gasteiger partial charge in [-0.05, 0) is 43.6 Å². The second-order valence-corrected chi connectivity index (χ2v) is 6.15. The molecule has 2 unspecified atom stereocenters. The Morgan fingerprint density at radius 1 is 1.11 bits per heavy atom. The van der Waals surface area contributed by atoms with Gasteiger partial charge in [-0.1, -0.05) is 20.8 Å². The average Bonchev–Trinajstić information content (AvgIpc) is 2.35. The molecule has 0 radical (unpaired) electrons. The van der Waals surface area contributed by atoms with Crippen molar-refractivity contribution in [3.05, 3.63) is 18.5 Å². The Morgan fingerprint density at radius 3 is 2.47 bits per heavy atom. The number of hydrogen-bond acceptors (Lipinski definition) is 3. The number of nitrogens with zero attached hydrogens (tertiary/aromatic N) is 1. The largest absolute Gasteiger partial charge is 0.384 e. The van der Waals surface area contributed by atoms with Crippen molar-refractivity contribution in [3.8, 4) is 0 Å². The molecule has 0 amide bonds. The van der Waals surface area contributed by atoms with Gasteiger partial charge in [-0.2, -0.15) is 0 Å². The summed E-state index contributed by atoms with van der Waals surface area (Å²) in [5, 5.41) is 7.04. The molecule has 0 spiro atoms. The number of rotatable bonds is 5. The molecule has 1 saturated carbocycles. The summed E-state index contributed by atoms with van der Waals surface area (Å²) in [6.07, 6.45) is 8.88. The highest BCUT2D eigenvalue weighted by atomic mass is 15.0. The van der Waals surface area contributed by atoms with E-state index in [-0.39, 0.29) is 0 Å². The van der Waals surface area contributed by atoms with Crippen LogP contribution in [0.3, 0.4) is 0 Å². The van der Waals surface area contributed by atoms with Gasteiger partial charge in [-0.15, -0.1) is 0 Å². The van der Waals surface area contributed by atoms with Gasteiger partial charge in [0.05, 0.1) is 23.8 Å². The topological polar surface area (TPSA) is 37.0 Å². The SMILES string of the molecule is CCCNc1cncc(NC2CC(C)CC(C)C2)c1. The van der Waals surface area contributed by atoms with Crippen LogP contribution in [0.25, 0.3) is 0 Å². The van der Waals surface area contributed by atoms with Gasteiger partial charge >= 0.3 is 0 Å². The fraction of sp³-hybridized carbons (Fsp3) is 0.688. The summed E-state index contributed by atoms with van der Waals surface area (Å²) >= 11 is 0. The lowest BCUT2D eigenvalue weighted by Crippen LogP contribution is -2.30. The van der Waals surface area contributed by atoms with Crippen LogP contribution in [0.15, 0.2) is 18.5 Å². The normalized spacial score (nSPS) is 27.0. The molecule has 0 saturated heterocycles. The smallest absolute Gasteiger partial charge is 0.0549 e. The molecule has 0 aliphatic heterocycles. The molecule has 1 heterocycles. The van der Waals surface area contributed by atoms with E-state index in [2.05, 4.69) is 42.5 Å². The highest BCUT2D eigenvalue weighted by molar-refractivity contribution is 5.54. The van der Waals surface area contributed by atoms with Crippen LogP contribution in [0.2, 0.25) is 0 Å². The fourth-order valence-electron chi connectivity index (χ4n) is 3.19. The van der Waals surface area contributed by atoms with Crippen LogP contribution < -0.4 is 10.6 Å². The Labute approximate surface area is 117 Å². The van der Waals surface area contributed by atoms with Crippen LogP contribution in [0.4, 0.5) is 11.4 Å². The third-order valence-electron chi connectivity index (χ3n) is 3.87. The van der Waals surface area contributed by atoms with Crippen molar-refractivity contribution in [3.63, 3.8) is 0 Å². The number of pyridine rings is 1. The predicted molar refractivity (Wildman–Crippen MR) is 82.6 cm³/mol. The van der Waals surface area contributed by atoms with Crippen LogP contribution in [0.5, 0.6) is 0 Å². The minimum absolute atomic E-state index is 0.599. The Balaban J connectivity index is 1.94. The number of hydrogen-bond donors (Lipinski definition) is 2. The first-order chi connectivity index (χ1) is 9.17. The maximum absolute atomic E-state index is 4.32. The lowest BCUT2D eigenvalue weighted by Gasteiger charge is -2.32. The monoisotopic (exact) mass is 261 g/mol. The minimum Gasteiger partial charge on any atom is -0.384 e. The highest BCUT2D eigenvalue weighted by Crippen LogP contribution is 2.30. The average molecular weight is 261 g/mol. The van der Waals surface area contributed by atoms with Crippen LogP contribution in [0, 0.1) is 11.8 Å². The summed E-state index contributed by atoms with van der Waals surface area (Å²) in [6.45, 7) is 7.90. The van der Waals surface area contributed by atoms with Crippen molar-refractivity contribution < 1.29 is 0 Å². The molecular formula is C16H27N3. The summed E-state index contributed by atoms with van der Waals surface area (Å²) in [7, 11) is 0. The number of anilines is 2. The summed E-state index contributed by atoms with van der Waals surface area (Å²) in [4.78, 5) is 4.32. The first kappa shape index (κ1) is 14.2. The van der Waals surface area contributed by atoms with Gasteiger partial charge in [0, 0.05) is 12.6 Å². The van der Waals surface area contributed by atoms with E-state index < -0.39 is 0 Å². The molecule has 1 aliphatic rings.